The summed E-state index contributed by atoms with van der Waals surface area (Å²) in [7, 11) is 0. The quantitative estimate of drug-likeness (QED) is 0.390. The zero-order valence-electron chi connectivity index (χ0n) is 17.9. The first kappa shape index (κ1) is 24.6. The smallest absolute Gasteiger partial charge is 0.276 e. The minimum Gasteiger partial charge on any atom is -0.492 e. The summed E-state index contributed by atoms with van der Waals surface area (Å²) in [6, 6.07) is 10.7. The van der Waals surface area contributed by atoms with Crippen molar-refractivity contribution in [1.29, 1.82) is 0 Å². The molecule has 0 heterocycles. The number of thiocarbonyl (C=S) groups is 1. The summed E-state index contributed by atoms with van der Waals surface area (Å²) >= 11 is 8.46. The first-order chi connectivity index (χ1) is 14.7. The fourth-order valence-corrected chi connectivity index (χ4v) is 3.13. The van der Waals surface area contributed by atoms with Gasteiger partial charge in [0.25, 0.3) is 11.8 Å². The third-order valence-corrected chi connectivity index (χ3v) is 4.82. The lowest BCUT2D eigenvalue weighted by atomic mass is 10.1. The Balaban J connectivity index is 1.79. The van der Waals surface area contributed by atoms with E-state index >= 15 is 0 Å². The van der Waals surface area contributed by atoms with Crippen molar-refractivity contribution >= 4 is 45.1 Å². The van der Waals surface area contributed by atoms with E-state index in [1.807, 2.05) is 32.0 Å². The van der Waals surface area contributed by atoms with E-state index in [0.717, 1.165) is 11.1 Å². The number of hydrogen-bond acceptors (Lipinski definition) is 5. The number of amides is 2. The van der Waals surface area contributed by atoms with Gasteiger partial charge in [-0.2, -0.15) is 0 Å². The lowest BCUT2D eigenvalue weighted by Crippen LogP contribution is -2.49. The predicted molar refractivity (Wildman–Crippen MR) is 127 cm³/mol. The van der Waals surface area contributed by atoms with Crippen molar-refractivity contribution in [1.82, 2.24) is 16.2 Å². The van der Waals surface area contributed by atoms with E-state index in [1.165, 1.54) is 0 Å². The Kier molecular flexibility index (Phi) is 9.26. The highest BCUT2D eigenvalue weighted by atomic mass is 79.9. The molecule has 166 valence electrons. The molecule has 0 saturated carbocycles. The van der Waals surface area contributed by atoms with E-state index in [0.29, 0.717) is 34.1 Å². The molecule has 0 bridgehead atoms. The van der Waals surface area contributed by atoms with Gasteiger partial charge in [0.05, 0.1) is 11.1 Å². The van der Waals surface area contributed by atoms with Gasteiger partial charge in [-0.15, -0.1) is 0 Å². The molecular weight excluding hydrogens is 482 g/mol. The summed E-state index contributed by atoms with van der Waals surface area (Å²) in [5, 5.41) is 2.46. The van der Waals surface area contributed by atoms with E-state index in [1.54, 1.807) is 18.2 Å². The summed E-state index contributed by atoms with van der Waals surface area (Å²) in [6.45, 7) is 8.38. The molecule has 2 aromatic carbocycles. The Hall–Kier alpha value is -2.65. The molecule has 0 aromatic heterocycles. The molecule has 0 fully saturated rings. The molecule has 7 nitrogen and oxygen atoms in total. The first-order valence-electron chi connectivity index (χ1n) is 9.68. The van der Waals surface area contributed by atoms with Gasteiger partial charge in [0, 0.05) is 5.56 Å². The second-order valence-electron chi connectivity index (χ2n) is 7.36. The fourth-order valence-electron chi connectivity index (χ4n) is 2.49. The SMILES string of the molecule is Cc1ccc(OCC(=O)NNC(=S)NC(=O)c2ccc(OCC(C)C)c(Br)c2)c(C)c1. The van der Waals surface area contributed by atoms with E-state index in [2.05, 4.69) is 45.9 Å². The average molecular weight is 508 g/mol. The van der Waals surface area contributed by atoms with Gasteiger partial charge in [0.15, 0.2) is 11.7 Å². The monoisotopic (exact) mass is 507 g/mol. The Bertz CT molecular complexity index is 966. The Morgan fingerprint density at radius 2 is 1.74 bits per heavy atom. The lowest BCUT2D eigenvalue weighted by molar-refractivity contribution is -0.123. The van der Waals surface area contributed by atoms with Gasteiger partial charge in [-0.05, 0) is 77.7 Å². The molecule has 0 aliphatic carbocycles. The molecule has 31 heavy (non-hydrogen) atoms. The second-order valence-corrected chi connectivity index (χ2v) is 8.63. The van der Waals surface area contributed by atoms with Crippen LogP contribution in [0, 0.1) is 19.8 Å². The molecule has 2 aromatic rings. The summed E-state index contributed by atoms with van der Waals surface area (Å²) in [5.74, 6) is 0.810. The number of aryl methyl sites for hydroxylation is 2. The van der Waals surface area contributed by atoms with Gasteiger partial charge in [0.2, 0.25) is 0 Å². The van der Waals surface area contributed by atoms with Crippen LogP contribution < -0.4 is 25.6 Å². The average Bonchev–Trinajstić information content (AvgIpc) is 2.70. The number of nitrogens with one attached hydrogen (secondary N) is 3. The van der Waals surface area contributed by atoms with E-state index < -0.39 is 11.8 Å². The van der Waals surface area contributed by atoms with Gasteiger partial charge < -0.3 is 9.47 Å². The molecule has 3 N–H and O–H groups in total. The summed E-state index contributed by atoms with van der Waals surface area (Å²) in [4.78, 5) is 24.3. The van der Waals surface area contributed by atoms with Crippen LogP contribution in [-0.4, -0.2) is 30.1 Å². The van der Waals surface area contributed by atoms with Crippen LogP contribution in [0.15, 0.2) is 40.9 Å². The molecule has 0 aliphatic rings. The second kappa shape index (κ2) is 11.7. The zero-order chi connectivity index (χ0) is 23.0. The highest BCUT2D eigenvalue weighted by molar-refractivity contribution is 9.10. The van der Waals surface area contributed by atoms with Crippen LogP contribution in [0.4, 0.5) is 0 Å². The van der Waals surface area contributed by atoms with Gasteiger partial charge in [0.1, 0.15) is 11.5 Å². The highest BCUT2D eigenvalue weighted by Crippen LogP contribution is 2.26. The number of ether oxygens (including phenoxy) is 2. The summed E-state index contributed by atoms with van der Waals surface area (Å²) in [5.41, 5.74) is 7.31. The maximum atomic E-state index is 12.4. The van der Waals surface area contributed by atoms with Gasteiger partial charge in [-0.1, -0.05) is 31.5 Å². The number of carbonyl (C=O) groups excluding carboxylic acids is 2. The van der Waals surface area contributed by atoms with E-state index in [9.17, 15) is 9.59 Å². The van der Waals surface area contributed by atoms with Crippen molar-refractivity contribution in [3.05, 3.63) is 57.6 Å². The van der Waals surface area contributed by atoms with Crippen LogP contribution in [0.2, 0.25) is 0 Å². The fraction of sp³-hybridized carbons (Fsp3) is 0.318. The Labute approximate surface area is 196 Å². The molecule has 0 saturated heterocycles. The van der Waals surface area contributed by atoms with Crippen LogP contribution in [0.25, 0.3) is 0 Å². The molecular formula is C22H26BrN3O4S. The zero-order valence-corrected chi connectivity index (χ0v) is 20.3. The highest BCUT2D eigenvalue weighted by Gasteiger charge is 2.12. The minimum absolute atomic E-state index is 0.0406. The normalized spacial score (nSPS) is 10.4. The molecule has 2 amide bonds. The van der Waals surface area contributed by atoms with Crippen molar-refractivity contribution in [2.45, 2.75) is 27.7 Å². The third-order valence-electron chi connectivity index (χ3n) is 4.00. The largest absolute Gasteiger partial charge is 0.492 e. The van der Waals surface area contributed by atoms with E-state index in [4.69, 9.17) is 21.7 Å². The van der Waals surface area contributed by atoms with Crippen molar-refractivity contribution in [2.75, 3.05) is 13.2 Å². The first-order valence-corrected chi connectivity index (χ1v) is 10.9. The lowest BCUT2D eigenvalue weighted by Gasteiger charge is -2.13. The molecule has 0 radical (unpaired) electrons. The molecule has 2 rings (SSSR count). The van der Waals surface area contributed by atoms with Gasteiger partial charge in [-0.25, -0.2) is 0 Å². The van der Waals surface area contributed by atoms with Crippen molar-refractivity contribution in [3.63, 3.8) is 0 Å². The Morgan fingerprint density at radius 3 is 2.39 bits per heavy atom. The van der Waals surface area contributed by atoms with Crippen LogP contribution in [-0.2, 0) is 4.79 Å². The number of halogens is 1. The van der Waals surface area contributed by atoms with Crippen LogP contribution in [0.1, 0.15) is 35.3 Å². The molecule has 0 spiro atoms. The topological polar surface area (TPSA) is 88.7 Å². The molecule has 0 atom stereocenters. The predicted octanol–water partition coefficient (Wildman–Crippen LogP) is 3.82. The van der Waals surface area contributed by atoms with Gasteiger partial charge in [-0.3, -0.25) is 25.8 Å². The molecule has 9 heteroatoms. The molecule has 0 aliphatic heterocycles. The summed E-state index contributed by atoms with van der Waals surface area (Å²) < 4.78 is 11.8. The minimum atomic E-state index is -0.439. The van der Waals surface area contributed by atoms with Crippen LogP contribution >= 0.6 is 28.1 Å². The van der Waals surface area contributed by atoms with Crippen molar-refractivity contribution < 1.29 is 19.1 Å². The van der Waals surface area contributed by atoms with E-state index in [-0.39, 0.29) is 11.7 Å². The maximum Gasteiger partial charge on any atom is 0.276 e. The van der Waals surface area contributed by atoms with Crippen molar-refractivity contribution in [2.24, 2.45) is 5.92 Å². The number of benzene rings is 2. The van der Waals surface area contributed by atoms with Crippen LogP contribution in [0.3, 0.4) is 0 Å². The third kappa shape index (κ3) is 8.18. The van der Waals surface area contributed by atoms with Gasteiger partial charge >= 0.3 is 0 Å². The number of rotatable bonds is 7. The number of hydrazine groups is 1. The Morgan fingerprint density at radius 1 is 1.03 bits per heavy atom. The standard InChI is InChI=1S/C22H26BrN3O4S/c1-13(2)11-29-19-8-6-16(10-17(19)23)21(28)24-22(31)26-25-20(27)12-30-18-7-5-14(3)9-15(18)4/h5-10,13H,11-12H2,1-4H3,(H,25,27)(H2,24,26,28,31). The number of carbonyl (C=O) groups is 2. The molecule has 0 unspecified atom stereocenters. The number of hydrogen-bond donors (Lipinski definition) is 3. The van der Waals surface area contributed by atoms with Crippen LogP contribution in [0.5, 0.6) is 11.5 Å². The maximum absolute atomic E-state index is 12.4. The summed E-state index contributed by atoms with van der Waals surface area (Å²) in [6.07, 6.45) is 0. The van der Waals surface area contributed by atoms with Crippen molar-refractivity contribution in [3.8, 4) is 11.5 Å².